The second-order valence-corrected chi connectivity index (χ2v) is 2.35. The molecule has 0 aliphatic rings. The van der Waals surface area contributed by atoms with E-state index in [1.165, 1.54) is 32.1 Å². The third-order valence-corrected chi connectivity index (χ3v) is 1.26. The topological polar surface area (TPSA) is 74.6 Å². The molecule has 0 saturated heterocycles. The van der Waals surface area contributed by atoms with E-state index in [-0.39, 0.29) is 12.9 Å². The first-order valence-corrected chi connectivity index (χ1v) is 4.51. The van der Waals surface area contributed by atoms with Gasteiger partial charge in [0.05, 0.1) is 0 Å². The summed E-state index contributed by atoms with van der Waals surface area (Å²) in [7, 11) is 0. The number of carbonyl (C=O) groups is 2. The van der Waals surface area contributed by atoms with Gasteiger partial charge in [0.2, 0.25) is 0 Å². The van der Waals surface area contributed by atoms with Crippen LogP contribution >= 0.6 is 0 Å². The van der Waals surface area contributed by atoms with E-state index in [1.807, 2.05) is 6.08 Å². The first-order chi connectivity index (χ1) is 6.74. The molecule has 0 amide bonds. The Balaban J connectivity index is -0.000000168. The van der Waals surface area contributed by atoms with Crippen molar-refractivity contribution in [2.45, 2.75) is 39.0 Å². The van der Waals surface area contributed by atoms with Crippen LogP contribution in [0.4, 0.5) is 0 Å². The standard InChI is InChI=1S/C8H16.2CH2O2/c1-3-5-7-8-6-4-2;2*2-1-3/h3H,1,4-8H2,2H3;2*1H,(H,2,3). The van der Waals surface area contributed by atoms with Crippen LogP contribution in [0.2, 0.25) is 0 Å². The van der Waals surface area contributed by atoms with Gasteiger partial charge in [-0.05, 0) is 12.8 Å². The third-order valence-electron chi connectivity index (χ3n) is 1.26. The summed E-state index contributed by atoms with van der Waals surface area (Å²) in [5.74, 6) is 0. The summed E-state index contributed by atoms with van der Waals surface area (Å²) in [4.78, 5) is 16.7. The van der Waals surface area contributed by atoms with E-state index < -0.39 is 0 Å². The summed E-state index contributed by atoms with van der Waals surface area (Å²) < 4.78 is 0. The number of hydrogen-bond acceptors (Lipinski definition) is 2. The van der Waals surface area contributed by atoms with Crippen molar-refractivity contribution in [2.75, 3.05) is 0 Å². The van der Waals surface area contributed by atoms with Crippen molar-refractivity contribution in [3.63, 3.8) is 0 Å². The summed E-state index contributed by atoms with van der Waals surface area (Å²) in [6, 6.07) is 0. The largest absolute Gasteiger partial charge is 0.483 e. The van der Waals surface area contributed by atoms with Gasteiger partial charge < -0.3 is 10.2 Å². The zero-order valence-electron chi connectivity index (χ0n) is 8.69. The zero-order valence-corrected chi connectivity index (χ0v) is 8.69. The first-order valence-electron chi connectivity index (χ1n) is 4.51. The van der Waals surface area contributed by atoms with Gasteiger partial charge in [0.25, 0.3) is 12.9 Å². The van der Waals surface area contributed by atoms with Gasteiger partial charge in [0.1, 0.15) is 0 Å². The highest BCUT2D eigenvalue weighted by atomic mass is 16.3. The fraction of sp³-hybridized carbons (Fsp3) is 0.600. The molecular weight excluding hydrogens is 184 g/mol. The Bertz CT molecular complexity index is 107. The van der Waals surface area contributed by atoms with Crippen molar-refractivity contribution in [3.8, 4) is 0 Å². The normalized spacial score (nSPS) is 6.93. The fourth-order valence-corrected chi connectivity index (χ4v) is 0.715. The van der Waals surface area contributed by atoms with Gasteiger partial charge in [-0.3, -0.25) is 9.59 Å². The minimum Gasteiger partial charge on any atom is -0.483 e. The molecule has 0 bridgehead atoms. The van der Waals surface area contributed by atoms with Crippen LogP contribution < -0.4 is 0 Å². The second kappa shape index (κ2) is 29.9. The quantitative estimate of drug-likeness (QED) is 0.410. The molecule has 2 N–H and O–H groups in total. The summed E-state index contributed by atoms with van der Waals surface area (Å²) >= 11 is 0. The van der Waals surface area contributed by atoms with Crippen LogP contribution in [0.15, 0.2) is 12.7 Å². The summed E-state index contributed by atoms with van der Waals surface area (Å²) in [5, 5.41) is 13.8. The smallest absolute Gasteiger partial charge is 0.290 e. The molecular formula is C10H20O4. The van der Waals surface area contributed by atoms with Crippen molar-refractivity contribution in [2.24, 2.45) is 0 Å². The molecule has 0 fully saturated rings. The molecule has 0 heterocycles. The van der Waals surface area contributed by atoms with E-state index >= 15 is 0 Å². The van der Waals surface area contributed by atoms with Crippen LogP contribution in [-0.2, 0) is 9.59 Å². The average molecular weight is 204 g/mol. The van der Waals surface area contributed by atoms with Gasteiger partial charge >= 0.3 is 0 Å². The first kappa shape index (κ1) is 18.5. The maximum atomic E-state index is 8.36. The lowest BCUT2D eigenvalue weighted by Gasteiger charge is -1.91. The lowest BCUT2D eigenvalue weighted by Crippen LogP contribution is -1.71. The highest BCUT2D eigenvalue weighted by Crippen LogP contribution is 2.01. The van der Waals surface area contributed by atoms with Crippen molar-refractivity contribution >= 4 is 12.9 Å². The van der Waals surface area contributed by atoms with Crippen LogP contribution in [0.25, 0.3) is 0 Å². The van der Waals surface area contributed by atoms with E-state index in [4.69, 9.17) is 19.8 Å². The molecule has 4 heteroatoms. The summed E-state index contributed by atoms with van der Waals surface area (Å²) in [6.45, 7) is 5.39. The highest BCUT2D eigenvalue weighted by Gasteiger charge is 1.81. The van der Waals surface area contributed by atoms with E-state index in [0.29, 0.717) is 0 Å². The second-order valence-electron chi connectivity index (χ2n) is 2.35. The van der Waals surface area contributed by atoms with Crippen LogP contribution in [-0.4, -0.2) is 23.2 Å². The van der Waals surface area contributed by atoms with Gasteiger partial charge in [-0.25, -0.2) is 0 Å². The van der Waals surface area contributed by atoms with Crippen molar-refractivity contribution in [1.82, 2.24) is 0 Å². The molecule has 0 rings (SSSR count). The third kappa shape index (κ3) is 73.9. The van der Waals surface area contributed by atoms with Gasteiger partial charge in [-0.2, -0.15) is 0 Å². The molecule has 0 radical (unpaired) electrons. The molecule has 0 aliphatic carbocycles. The molecule has 4 nitrogen and oxygen atoms in total. The van der Waals surface area contributed by atoms with Gasteiger partial charge in [-0.1, -0.05) is 32.3 Å². The maximum Gasteiger partial charge on any atom is 0.290 e. The average Bonchev–Trinajstić information content (AvgIpc) is 2.15. The molecule has 14 heavy (non-hydrogen) atoms. The van der Waals surface area contributed by atoms with Crippen LogP contribution in [0.1, 0.15) is 39.0 Å². The highest BCUT2D eigenvalue weighted by molar-refractivity contribution is 5.32. The molecule has 0 aromatic rings. The molecule has 84 valence electrons. The Hall–Kier alpha value is -1.32. The number of rotatable bonds is 5. The molecule has 0 atom stereocenters. The van der Waals surface area contributed by atoms with E-state index in [0.717, 1.165) is 0 Å². The fourth-order valence-electron chi connectivity index (χ4n) is 0.715. The predicted octanol–water partition coefficient (Wildman–Crippen LogP) is 2.54. The molecule has 0 spiro atoms. The Labute approximate surface area is 85.3 Å². The lowest BCUT2D eigenvalue weighted by molar-refractivity contribution is -0.123. The van der Waals surface area contributed by atoms with Crippen molar-refractivity contribution < 1.29 is 19.8 Å². The van der Waals surface area contributed by atoms with Crippen LogP contribution in [0.5, 0.6) is 0 Å². The molecule has 0 unspecified atom stereocenters. The Kier molecular flexibility index (Phi) is 39.4. The molecule has 0 aromatic heterocycles. The molecule has 0 aromatic carbocycles. The number of carboxylic acid groups (broad SMARTS) is 2. The van der Waals surface area contributed by atoms with Gasteiger partial charge in [-0.15, -0.1) is 6.58 Å². The zero-order chi connectivity index (χ0) is 11.7. The molecule has 0 saturated carbocycles. The number of unbranched alkanes of at least 4 members (excludes halogenated alkanes) is 4. The van der Waals surface area contributed by atoms with Gasteiger partial charge in [0.15, 0.2) is 0 Å². The Morgan fingerprint density at radius 2 is 1.50 bits per heavy atom. The number of allylic oxidation sites excluding steroid dienone is 1. The summed E-state index contributed by atoms with van der Waals surface area (Å²) in [5.41, 5.74) is 0. The van der Waals surface area contributed by atoms with Crippen molar-refractivity contribution in [1.29, 1.82) is 0 Å². The van der Waals surface area contributed by atoms with E-state index in [9.17, 15) is 0 Å². The minimum atomic E-state index is -0.250. The minimum absolute atomic E-state index is 0.250. The monoisotopic (exact) mass is 204 g/mol. The van der Waals surface area contributed by atoms with Crippen molar-refractivity contribution in [3.05, 3.63) is 12.7 Å². The van der Waals surface area contributed by atoms with Crippen LogP contribution in [0, 0.1) is 0 Å². The Morgan fingerprint density at radius 1 is 1.07 bits per heavy atom. The SMILES string of the molecule is C=CCCCCCC.O=CO.O=CO. The van der Waals surface area contributed by atoms with E-state index in [1.54, 1.807) is 0 Å². The van der Waals surface area contributed by atoms with E-state index in [2.05, 4.69) is 13.5 Å². The molecule has 0 aliphatic heterocycles. The van der Waals surface area contributed by atoms with Gasteiger partial charge in [0, 0.05) is 0 Å². The number of hydrogen-bond donors (Lipinski definition) is 2. The summed E-state index contributed by atoms with van der Waals surface area (Å²) in [6.07, 6.45) is 8.61. The van der Waals surface area contributed by atoms with Crippen LogP contribution in [0.3, 0.4) is 0 Å². The predicted molar refractivity (Wildman–Crippen MR) is 56.3 cm³/mol. The Morgan fingerprint density at radius 3 is 1.79 bits per heavy atom. The maximum absolute atomic E-state index is 8.36. The lowest BCUT2D eigenvalue weighted by atomic mass is 10.2.